The molecule has 1 aliphatic heterocycles. The van der Waals surface area contributed by atoms with E-state index in [9.17, 15) is 4.79 Å². The molecule has 1 aliphatic rings. The van der Waals surface area contributed by atoms with Gasteiger partial charge in [-0.2, -0.15) is 5.10 Å². The second-order valence-electron chi connectivity index (χ2n) is 6.64. The van der Waals surface area contributed by atoms with Gasteiger partial charge in [-0.05, 0) is 12.5 Å². The third-order valence-corrected chi connectivity index (χ3v) is 5.03. The predicted octanol–water partition coefficient (Wildman–Crippen LogP) is 2.81. The Hall–Kier alpha value is -2.63. The van der Waals surface area contributed by atoms with Gasteiger partial charge < -0.3 is 9.32 Å². The second kappa shape index (κ2) is 6.35. The molecular weight excluding hydrogens is 316 g/mol. The molecule has 0 spiro atoms. The van der Waals surface area contributed by atoms with E-state index in [-0.39, 0.29) is 11.8 Å². The smallest absolute Gasteiger partial charge is 0.227 e. The van der Waals surface area contributed by atoms with E-state index in [0.717, 1.165) is 47.4 Å². The summed E-state index contributed by atoms with van der Waals surface area (Å²) in [5.41, 5.74) is 2.01. The lowest BCUT2D eigenvalue weighted by atomic mass is 9.98. The van der Waals surface area contributed by atoms with Crippen molar-refractivity contribution in [3.8, 4) is 0 Å². The summed E-state index contributed by atoms with van der Waals surface area (Å²) in [5, 5.41) is 5.31. The lowest BCUT2D eigenvalue weighted by Crippen LogP contribution is -2.37. The molecule has 4 rings (SSSR count). The van der Waals surface area contributed by atoms with Gasteiger partial charge in [0.05, 0.1) is 12.5 Å². The molecule has 1 aromatic carbocycles. The summed E-state index contributed by atoms with van der Waals surface area (Å²) < 4.78 is 7.80. The minimum Gasteiger partial charge on any atom is -0.461 e. The zero-order valence-electron chi connectivity index (χ0n) is 14.6. The van der Waals surface area contributed by atoms with Crippen LogP contribution in [0.25, 0.3) is 11.0 Å². The largest absolute Gasteiger partial charge is 0.461 e. The molecule has 1 atom stereocenters. The van der Waals surface area contributed by atoms with E-state index < -0.39 is 0 Å². The molecular formula is C19H22N4O2. The van der Waals surface area contributed by atoms with E-state index in [0.29, 0.717) is 13.1 Å². The molecule has 0 radical (unpaired) electrons. The number of furan rings is 1. The molecule has 0 bridgehead atoms. The van der Waals surface area contributed by atoms with E-state index in [2.05, 4.69) is 23.1 Å². The zero-order chi connectivity index (χ0) is 17.4. The van der Waals surface area contributed by atoms with Crippen LogP contribution in [0.4, 0.5) is 0 Å². The minimum atomic E-state index is -0.0394. The molecule has 1 unspecified atom stereocenters. The van der Waals surface area contributed by atoms with E-state index in [1.54, 1.807) is 6.33 Å². The number of amides is 1. The highest BCUT2D eigenvalue weighted by molar-refractivity contribution is 5.83. The highest BCUT2D eigenvalue weighted by atomic mass is 16.3. The Bertz CT molecular complexity index is 911. The molecule has 0 N–H and O–H groups in total. The quantitative estimate of drug-likeness (QED) is 0.734. The van der Waals surface area contributed by atoms with Gasteiger partial charge >= 0.3 is 0 Å². The highest BCUT2D eigenvalue weighted by Crippen LogP contribution is 2.28. The van der Waals surface area contributed by atoms with Crippen molar-refractivity contribution in [2.75, 3.05) is 7.05 Å². The second-order valence-corrected chi connectivity index (χ2v) is 6.64. The number of aryl methyl sites for hydroxylation is 2. The van der Waals surface area contributed by atoms with Crippen LogP contribution in [-0.2, 0) is 30.7 Å². The number of hydrogen-bond acceptors (Lipinski definition) is 4. The standard InChI is InChI=1S/C19H22N4O2/c1-3-16-15(14-6-4-5-7-17(14)25-16)11-22(2)19(24)13-8-9-18-20-12-21-23(18)10-13/h4-7,12-13H,3,8-11H2,1-2H3. The van der Waals surface area contributed by atoms with Crippen LogP contribution in [0.5, 0.6) is 0 Å². The monoisotopic (exact) mass is 338 g/mol. The minimum absolute atomic E-state index is 0.0394. The first-order valence-corrected chi connectivity index (χ1v) is 8.78. The summed E-state index contributed by atoms with van der Waals surface area (Å²) >= 11 is 0. The number of rotatable bonds is 4. The summed E-state index contributed by atoms with van der Waals surface area (Å²) in [4.78, 5) is 19.0. The molecule has 2 aromatic heterocycles. The van der Waals surface area contributed by atoms with Gasteiger partial charge in [-0.3, -0.25) is 4.79 Å². The first-order chi connectivity index (χ1) is 12.2. The number of carbonyl (C=O) groups excluding carboxylic acids is 1. The van der Waals surface area contributed by atoms with Crippen molar-refractivity contribution in [2.24, 2.45) is 5.92 Å². The van der Waals surface area contributed by atoms with E-state index in [1.807, 2.05) is 34.8 Å². The van der Waals surface area contributed by atoms with Crippen LogP contribution < -0.4 is 0 Å². The fourth-order valence-electron chi connectivity index (χ4n) is 3.67. The molecule has 0 saturated heterocycles. The SMILES string of the molecule is CCc1oc2ccccc2c1CN(C)C(=O)C1CCc2ncnn2C1. The van der Waals surface area contributed by atoms with Gasteiger partial charge in [-0.1, -0.05) is 25.1 Å². The summed E-state index contributed by atoms with van der Waals surface area (Å²) in [7, 11) is 1.88. The topological polar surface area (TPSA) is 64.2 Å². The van der Waals surface area contributed by atoms with Gasteiger partial charge in [0, 0.05) is 37.4 Å². The lowest BCUT2D eigenvalue weighted by Gasteiger charge is -2.26. The summed E-state index contributed by atoms with van der Waals surface area (Å²) in [6.45, 7) is 3.27. The number of benzene rings is 1. The molecule has 1 amide bonds. The number of aromatic nitrogens is 3. The van der Waals surface area contributed by atoms with Crippen LogP contribution in [0, 0.1) is 5.92 Å². The molecule has 6 nitrogen and oxygen atoms in total. The number of fused-ring (bicyclic) bond motifs is 2. The Labute approximate surface area is 146 Å². The van der Waals surface area contributed by atoms with Gasteiger partial charge in [-0.15, -0.1) is 0 Å². The molecule has 6 heteroatoms. The average molecular weight is 338 g/mol. The van der Waals surface area contributed by atoms with Crippen molar-refractivity contribution in [1.82, 2.24) is 19.7 Å². The zero-order valence-corrected chi connectivity index (χ0v) is 14.6. The van der Waals surface area contributed by atoms with E-state index >= 15 is 0 Å². The van der Waals surface area contributed by atoms with E-state index in [1.165, 1.54) is 0 Å². The number of hydrogen-bond donors (Lipinski definition) is 0. The summed E-state index contributed by atoms with van der Waals surface area (Å²) in [6, 6.07) is 8.03. The highest BCUT2D eigenvalue weighted by Gasteiger charge is 2.28. The van der Waals surface area contributed by atoms with Crippen LogP contribution in [0.15, 0.2) is 35.0 Å². The van der Waals surface area contributed by atoms with Gasteiger partial charge in [0.25, 0.3) is 0 Å². The van der Waals surface area contributed by atoms with Crippen LogP contribution in [0.3, 0.4) is 0 Å². The van der Waals surface area contributed by atoms with Gasteiger partial charge in [0.2, 0.25) is 5.91 Å². The Morgan fingerprint density at radius 1 is 1.40 bits per heavy atom. The first-order valence-electron chi connectivity index (χ1n) is 8.78. The maximum atomic E-state index is 12.9. The maximum absolute atomic E-state index is 12.9. The molecule has 0 aliphatic carbocycles. The fourth-order valence-corrected chi connectivity index (χ4v) is 3.67. The number of para-hydroxylation sites is 1. The Balaban J connectivity index is 1.54. The third-order valence-electron chi connectivity index (χ3n) is 5.03. The molecule has 3 aromatic rings. The maximum Gasteiger partial charge on any atom is 0.227 e. The van der Waals surface area contributed by atoms with Crippen LogP contribution >= 0.6 is 0 Å². The van der Waals surface area contributed by atoms with Crippen LogP contribution in [-0.4, -0.2) is 32.6 Å². The fraction of sp³-hybridized carbons (Fsp3) is 0.421. The first kappa shape index (κ1) is 15.9. The summed E-state index contributed by atoms with van der Waals surface area (Å²) in [6.07, 6.45) is 4.02. The van der Waals surface area contributed by atoms with Crippen LogP contribution in [0.1, 0.15) is 30.5 Å². The Kier molecular flexibility index (Phi) is 4.03. The van der Waals surface area contributed by atoms with Gasteiger partial charge in [0.15, 0.2) is 0 Å². The van der Waals surface area contributed by atoms with Crippen LogP contribution in [0.2, 0.25) is 0 Å². The average Bonchev–Trinajstić information content (AvgIpc) is 3.24. The predicted molar refractivity (Wildman–Crippen MR) is 93.9 cm³/mol. The third kappa shape index (κ3) is 2.81. The number of nitrogens with zero attached hydrogens (tertiary/aromatic N) is 4. The molecule has 0 saturated carbocycles. The van der Waals surface area contributed by atoms with Gasteiger partial charge in [-0.25, -0.2) is 9.67 Å². The van der Waals surface area contributed by atoms with Crippen molar-refractivity contribution in [3.63, 3.8) is 0 Å². The molecule has 0 fully saturated rings. The van der Waals surface area contributed by atoms with Crippen molar-refractivity contribution in [1.29, 1.82) is 0 Å². The van der Waals surface area contributed by atoms with Crippen molar-refractivity contribution in [3.05, 3.63) is 47.7 Å². The Morgan fingerprint density at radius 3 is 3.08 bits per heavy atom. The normalized spacial score (nSPS) is 16.8. The van der Waals surface area contributed by atoms with Crippen molar-refractivity contribution < 1.29 is 9.21 Å². The Morgan fingerprint density at radius 2 is 2.24 bits per heavy atom. The number of carbonyl (C=O) groups is 1. The molecule has 25 heavy (non-hydrogen) atoms. The lowest BCUT2D eigenvalue weighted by molar-refractivity contribution is -0.135. The summed E-state index contributed by atoms with van der Waals surface area (Å²) in [5.74, 6) is 2.06. The molecule has 3 heterocycles. The van der Waals surface area contributed by atoms with Crippen molar-refractivity contribution in [2.45, 2.75) is 39.3 Å². The van der Waals surface area contributed by atoms with Gasteiger partial charge in [0.1, 0.15) is 23.5 Å². The molecule has 130 valence electrons. The van der Waals surface area contributed by atoms with E-state index in [4.69, 9.17) is 4.42 Å². The van der Waals surface area contributed by atoms with Crippen molar-refractivity contribution >= 4 is 16.9 Å².